The number of nitrogens with two attached hydrogens (primary N) is 1. The molecule has 6 heteroatoms. The van der Waals surface area contributed by atoms with Gasteiger partial charge in [0.15, 0.2) is 0 Å². The van der Waals surface area contributed by atoms with Crippen LogP contribution in [-0.4, -0.2) is 21.8 Å². The van der Waals surface area contributed by atoms with Crippen LogP contribution in [0, 0.1) is 0 Å². The summed E-state index contributed by atoms with van der Waals surface area (Å²) in [5.41, 5.74) is 8.94. The minimum atomic E-state index is -0.447. The van der Waals surface area contributed by atoms with Gasteiger partial charge in [0.2, 0.25) is 11.8 Å². The average molecular weight is 334 g/mol. The summed E-state index contributed by atoms with van der Waals surface area (Å²) in [6.45, 7) is 0. The van der Waals surface area contributed by atoms with E-state index in [9.17, 15) is 9.59 Å². The van der Waals surface area contributed by atoms with E-state index in [0.29, 0.717) is 30.5 Å². The van der Waals surface area contributed by atoms with Crippen molar-refractivity contribution in [2.45, 2.75) is 19.3 Å². The topological polar surface area (TPSA) is 98.0 Å². The van der Waals surface area contributed by atoms with Gasteiger partial charge >= 0.3 is 0 Å². The number of aromatic nitrogens is 2. The molecule has 0 fully saturated rings. The second-order valence-corrected chi connectivity index (χ2v) is 5.68. The van der Waals surface area contributed by atoms with Gasteiger partial charge in [0, 0.05) is 30.1 Å². The van der Waals surface area contributed by atoms with E-state index in [2.05, 4.69) is 15.3 Å². The molecule has 0 radical (unpaired) electrons. The van der Waals surface area contributed by atoms with E-state index in [1.807, 2.05) is 18.2 Å². The quantitative estimate of drug-likeness (QED) is 0.724. The van der Waals surface area contributed by atoms with Gasteiger partial charge in [-0.25, -0.2) is 0 Å². The zero-order valence-corrected chi connectivity index (χ0v) is 13.6. The van der Waals surface area contributed by atoms with Gasteiger partial charge in [0.1, 0.15) is 0 Å². The number of benzene rings is 2. The third-order valence-electron chi connectivity index (χ3n) is 3.89. The molecule has 126 valence electrons. The number of nitrogens with zero attached hydrogens (tertiary/aromatic N) is 2. The maximum absolute atomic E-state index is 12.1. The number of carbonyl (C=O) groups is 2. The predicted octanol–water partition coefficient (Wildman–Crippen LogP) is 2.69. The number of hydrogen-bond acceptors (Lipinski definition) is 4. The molecule has 2 aromatic carbocycles. The SMILES string of the molecule is NC(=O)c1ccccc1CCCC(=O)Nc1ccc2nccnc2c1. The van der Waals surface area contributed by atoms with E-state index in [-0.39, 0.29) is 5.91 Å². The van der Waals surface area contributed by atoms with Gasteiger partial charge in [-0.2, -0.15) is 0 Å². The number of hydrogen-bond donors (Lipinski definition) is 2. The molecule has 1 aromatic heterocycles. The highest BCUT2D eigenvalue weighted by molar-refractivity contribution is 5.94. The monoisotopic (exact) mass is 334 g/mol. The molecule has 0 saturated carbocycles. The summed E-state index contributed by atoms with van der Waals surface area (Å²) in [6, 6.07) is 12.6. The number of anilines is 1. The van der Waals surface area contributed by atoms with Crippen LogP contribution in [0.4, 0.5) is 5.69 Å². The largest absolute Gasteiger partial charge is 0.366 e. The van der Waals surface area contributed by atoms with Crippen molar-refractivity contribution in [3.8, 4) is 0 Å². The third-order valence-corrected chi connectivity index (χ3v) is 3.89. The molecule has 3 N–H and O–H groups in total. The number of carbonyl (C=O) groups excluding carboxylic acids is 2. The lowest BCUT2D eigenvalue weighted by atomic mass is 10.0. The molecule has 0 atom stereocenters. The first-order valence-electron chi connectivity index (χ1n) is 8.02. The summed E-state index contributed by atoms with van der Waals surface area (Å²) in [6.07, 6.45) is 4.85. The van der Waals surface area contributed by atoms with Gasteiger partial charge in [-0.15, -0.1) is 0 Å². The molecule has 0 aliphatic carbocycles. The van der Waals surface area contributed by atoms with E-state index in [1.165, 1.54) is 0 Å². The highest BCUT2D eigenvalue weighted by Gasteiger charge is 2.09. The fraction of sp³-hybridized carbons (Fsp3) is 0.158. The number of amides is 2. The van der Waals surface area contributed by atoms with Crippen molar-refractivity contribution >= 4 is 28.5 Å². The zero-order valence-electron chi connectivity index (χ0n) is 13.6. The Labute approximate surface area is 145 Å². The van der Waals surface area contributed by atoms with E-state index in [0.717, 1.165) is 16.6 Å². The van der Waals surface area contributed by atoms with Crippen LogP contribution in [0.1, 0.15) is 28.8 Å². The standard InChI is InChI=1S/C19H18N4O2/c20-19(25)15-6-2-1-4-13(15)5-3-7-18(24)23-14-8-9-16-17(12-14)22-11-10-21-16/h1-2,4,6,8-12H,3,5,7H2,(H2,20,25)(H,23,24). The molecular formula is C19H18N4O2. The average Bonchev–Trinajstić information content (AvgIpc) is 2.62. The second-order valence-electron chi connectivity index (χ2n) is 5.68. The number of nitrogens with one attached hydrogen (secondary N) is 1. The van der Waals surface area contributed by atoms with Gasteiger partial charge in [-0.1, -0.05) is 18.2 Å². The van der Waals surface area contributed by atoms with E-state index in [1.54, 1.807) is 36.7 Å². The Balaban J connectivity index is 1.57. The Bertz CT molecular complexity index is 924. The van der Waals surface area contributed by atoms with Crippen molar-refractivity contribution < 1.29 is 9.59 Å². The molecule has 3 aromatic rings. The molecule has 2 amide bonds. The van der Waals surface area contributed by atoms with Crippen molar-refractivity contribution in [1.82, 2.24) is 9.97 Å². The van der Waals surface area contributed by atoms with Crippen LogP contribution >= 0.6 is 0 Å². The lowest BCUT2D eigenvalue weighted by molar-refractivity contribution is -0.116. The molecule has 25 heavy (non-hydrogen) atoms. The van der Waals surface area contributed by atoms with Gasteiger partial charge < -0.3 is 11.1 Å². The third kappa shape index (κ3) is 4.17. The molecule has 0 aliphatic heterocycles. The zero-order chi connectivity index (χ0) is 17.6. The van der Waals surface area contributed by atoms with Gasteiger partial charge in [0.25, 0.3) is 0 Å². The smallest absolute Gasteiger partial charge is 0.248 e. The highest BCUT2D eigenvalue weighted by Crippen LogP contribution is 2.16. The lowest BCUT2D eigenvalue weighted by Crippen LogP contribution is -2.14. The first-order chi connectivity index (χ1) is 12.1. The minimum Gasteiger partial charge on any atom is -0.366 e. The maximum atomic E-state index is 12.1. The van der Waals surface area contributed by atoms with Crippen molar-refractivity contribution in [3.63, 3.8) is 0 Å². The van der Waals surface area contributed by atoms with E-state index >= 15 is 0 Å². The Morgan fingerprint density at radius 1 is 1.00 bits per heavy atom. The number of rotatable bonds is 6. The summed E-state index contributed by atoms with van der Waals surface area (Å²) < 4.78 is 0. The van der Waals surface area contributed by atoms with Gasteiger partial charge in [0.05, 0.1) is 11.0 Å². The molecule has 0 bridgehead atoms. The summed E-state index contributed by atoms with van der Waals surface area (Å²) in [5, 5.41) is 2.86. The van der Waals surface area contributed by atoms with Crippen molar-refractivity contribution in [3.05, 3.63) is 66.0 Å². The summed E-state index contributed by atoms with van der Waals surface area (Å²) in [5.74, 6) is -0.530. The number of aryl methyl sites for hydroxylation is 1. The fourth-order valence-electron chi connectivity index (χ4n) is 2.68. The van der Waals surface area contributed by atoms with Crippen LogP contribution in [-0.2, 0) is 11.2 Å². The van der Waals surface area contributed by atoms with Crippen LogP contribution < -0.4 is 11.1 Å². The van der Waals surface area contributed by atoms with E-state index in [4.69, 9.17) is 5.73 Å². The highest BCUT2D eigenvalue weighted by atomic mass is 16.1. The Hall–Kier alpha value is -3.28. The minimum absolute atomic E-state index is 0.0835. The summed E-state index contributed by atoms with van der Waals surface area (Å²) >= 11 is 0. The lowest BCUT2D eigenvalue weighted by Gasteiger charge is -2.08. The Morgan fingerprint density at radius 2 is 1.76 bits per heavy atom. The molecule has 0 unspecified atom stereocenters. The Morgan fingerprint density at radius 3 is 2.56 bits per heavy atom. The second kappa shape index (κ2) is 7.53. The van der Waals surface area contributed by atoms with Crippen molar-refractivity contribution in [1.29, 1.82) is 0 Å². The molecule has 0 aliphatic rings. The predicted molar refractivity (Wildman–Crippen MR) is 96.1 cm³/mol. The van der Waals surface area contributed by atoms with Crippen LogP contribution in [0.15, 0.2) is 54.9 Å². The fourth-order valence-corrected chi connectivity index (χ4v) is 2.68. The van der Waals surface area contributed by atoms with Crippen molar-refractivity contribution in [2.75, 3.05) is 5.32 Å². The maximum Gasteiger partial charge on any atom is 0.248 e. The first kappa shape index (κ1) is 16.6. The molecule has 0 saturated heterocycles. The van der Waals surface area contributed by atoms with Crippen LogP contribution in [0.3, 0.4) is 0 Å². The summed E-state index contributed by atoms with van der Waals surface area (Å²) in [4.78, 5) is 31.9. The first-order valence-corrected chi connectivity index (χ1v) is 8.02. The molecule has 1 heterocycles. The summed E-state index contributed by atoms with van der Waals surface area (Å²) in [7, 11) is 0. The number of primary amides is 1. The van der Waals surface area contributed by atoms with Crippen LogP contribution in [0.5, 0.6) is 0 Å². The van der Waals surface area contributed by atoms with Crippen molar-refractivity contribution in [2.24, 2.45) is 5.73 Å². The van der Waals surface area contributed by atoms with Crippen LogP contribution in [0.2, 0.25) is 0 Å². The van der Waals surface area contributed by atoms with E-state index < -0.39 is 5.91 Å². The molecule has 6 nitrogen and oxygen atoms in total. The molecule has 3 rings (SSSR count). The normalized spacial score (nSPS) is 10.6. The van der Waals surface area contributed by atoms with Gasteiger partial charge in [-0.05, 0) is 42.7 Å². The number of fused-ring (bicyclic) bond motifs is 1. The Kier molecular flexibility index (Phi) is 4.99. The van der Waals surface area contributed by atoms with Crippen LogP contribution in [0.25, 0.3) is 11.0 Å². The molecule has 0 spiro atoms. The molecular weight excluding hydrogens is 316 g/mol. The van der Waals surface area contributed by atoms with Gasteiger partial charge in [-0.3, -0.25) is 19.6 Å².